The van der Waals surface area contributed by atoms with Crippen LogP contribution in [0.3, 0.4) is 0 Å². The molecular weight excluding hydrogens is 112 g/mol. The third-order valence-corrected chi connectivity index (χ3v) is 0.764. The molecular formula is C5H9ClO. The molecule has 0 N–H and O–H groups in total. The second kappa shape index (κ2) is 6.25. The van der Waals surface area contributed by atoms with Gasteiger partial charge in [0.05, 0.1) is 0 Å². The SMILES string of the molecule is CCCCO[C]Cl. The predicted molar refractivity (Wildman–Crippen MR) is 30.0 cm³/mol. The fourth-order valence-corrected chi connectivity index (χ4v) is 0.332. The zero-order valence-corrected chi connectivity index (χ0v) is 5.16. The van der Waals surface area contributed by atoms with Crippen LogP contribution in [0, 0.1) is 6.07 Å². The van der Waals surface area contributed by atoms with Crippen molar-refractivity contribution in [1.29, 1.82) is 0 Å². The van der Waals surface area contributed by atoms with Gasteiger partial charge in [0.1, 0.15) is 0 Å². The van der Waals surface area contributed by atoms with Gasteiger partial charge in [0.2, 0.25) is 6.07 Å². The summed E-state index contributed by atoms with van der Waals surface area (Å²) in [6.45, 7) is 2.79. The molecule has 0 aromatic rings. The van der Waals surface area contributed by atoms with E-state index in [0.717, 1.165) is 12.8 Å². The zero-order chi connectivity index (χ0) is 5.54. The summed E-state index contributed by atoms with van der Waals surface area (Å²) in [5, 5.41) is 0. The van der Waals surface area contributed by atoms with Gasteiger partial charge in [-0.15, -0.1) is 0 Å². The Balaban J connectivity index is 2.45. The molecule has 0 atom stereocenters. The summed E-state index contributed by atoms with van der Waals surface area (Å²) in [5.74, 6) is 0. The maximum Gasteiger partial charge on any atom is 0.236 e. The molecule has 0 aliphatic rings. The Labute approximate surface area is 49.6 Å². The molecule has 7 heavy (non-hydrogen) atoms. The number of rotatable bonds is 4. The summed E-state index contributed by atoms with van der Waals surface area (Å²) in [6, 6.07) is 2.07. The maximum atomic E-state index is 4.97. The summed E-state index contributed by atoms with van der Waals surface area (Å²) < 4.78 is 4.59. The van der Waals surface area contributed by atoms with Gasteiger partial charge >= 0.3 is 0 Å². The Bertz CT molecular complexity index is 27.3. The standard InChI is InChI=1S/C5H9ClO/c1-2-3-4-7-5-6/h2-4H2,1H3. The first-order chi connectivity index (χ1) is 3.41. The molecule has 0 aliphatic heterocycles. The van der Waals surface area contributed by atoms with E-state index in [4.69, 9.17) is 11.6 Å². The molecule has 0 saturated carbocycles. The second-order valence-corrected chi connectivity index (χ2v) is 1.43. The third-order valence-electron chi connectivity index (χ3n) is 0.655. The van der Waals surface area contributed by atoms with Crippen molar-refractivity contribution in [3.05, 3.63) is 6.07 Å². The summed E-state index contributed by atoms with van der Waals surface area (Å²) >= 11 is 4.97. The molecule has 1 nitrogen and oxygen atoms in total. The van der Waals surface area contributed by atoms with E-state index in [1.54, 1.807) is 0 Å². The maximum absolute atomic E-state index is 4.97. The quantitative estimate of drug-likeness (QED) is 0.516. The van der Waals surface area contributed by atoms with Gasteiger partial charge in [0, 0.05) is 6.61 Å². The molecule has 0 aliphatic carbocycles. The van der Waals surface area contributed by atoms with Crippen molar-refractivity contribution >= 4 is 11.6 Å². The minimum atomic E-state index is 0.694. The lowest BCUT2D eigenvalue weighted by atomic mass is 10.4. The van der Waals surface area contributed by atoms with Crippen LogP contribution in [0.25, 0.3) is 0 Å². The number of hydrogen-bond donors (Lipinski definition) is 0. The van der Waals surface area contributed by atoms with Crippen LogP contribution in [0.1, 0.15) is 19.8 Å². The molecule has 2 heteroatoms. The average molecular weight is 121 g/mol. The van der Waals surface area contributed by atoms with E-state index >= 15 is 0 Å². The van der Waals surface area contributed by atoms with Crippen molar-refractivity contribution in [2.45, 2.75) is 19.8 Å². The summed E-state index contributed by atoms with van der Waals surface area (Å²) in [4.78, 5) is 0. The molecule has 0 fully saturated rings. The van der Waals surface area contributed by atoms with Crippen molar-refractivity contribution in [3.8, 4) is 0 Å². The van der Waals surface area contributed by atoms with Crippen molar-refractivity contribution < 1.29 is 4.74 Å². The van der Waals surface area contributed by atoms with Crippen LogP contribution in [0.15, 0.2) is 0 Å². The second-order valence-electron chi connectivity index (χ2n) is 1.28. The fourth-order valence-electron chi connectivity index (χ4n) is 0.255. The largest absolute Gasteiger partial charge is 0.352 e. The smallest absolute Gasteiger partial charge is 0.236 e. The first-order valence-corrected chi connectivity index (χ1v) is 2.77. The van der Waals surface area contributed by atoms with Crippen LogP contribution < -0.4 is 0 Å². The lowest BCUT2D eigenvalue weighted by molar-refractivity contribution is 0.223. The van der Waals surface area contributed by atoms with Crippen LogP contribution in [0.4, 0.5) is 0 Å². The van der Waals surface area contributed by atoms with E-state index in [2.05, 4.69) is 17.7 Å². The van der Waals surface area contributed by atoms with Gasteiger partial charge < -0.3 is 4.74 Å². The Hall–Kier alpha value is 0.250. The van der Waals surface area contributed by atoms with Gasteiger partial charge in [-0.25, -0.2) is 0 Å². The molecule has 2 radical (unpaired) electrons. The van der Waals surface area contributed by atoms with Gasteiger partial charge in [0.15, 0.2) is 0 Å². The average Bonchev–Trinajstić information content (AvgIpc) is 1.69. The Kier molecular flexibility index (Phi) is 6.47. The van der Waals surface area contributed by atoms with E-state index in [1.807, 2.05) is 0 Å². The molecule has 0 amide bonds. The first-order valence-electron chi connectivity index (χ1n) is 2.39. The Morgan fingerprint density at radius 2 is 2.43 bits per heavy atom. The summed E-state index contributed by atoms with van der Waals surface area (Å²) in [5.41, 5.74) is 0. The van der Waals surface area contributed by atoms with Gasteiger partial charge in [-0.2, -0.15) is 0 Å². The molecule has 0 rings (SSSR count). The fraction of sp³-hybridized carbons (Fsp3) is 0.800. The monoisotopic (exact) mass is 120 g/mol. The van der Waals surface area contributed by atoms with E-state index in [1.165, 1.54) is 0 Å². The van der Waals surface area contributed by atoms with Crippen molar-refractivity contribution in [2.24, 2.45) is 0 Å². The van der Waals surface area contributed by atoms with E-state index in [-0.39, 0.29) is 0 Å². The van der Waals surface area contributed by atoms with E-state index in [0.29, 0.717) is 6.61 Å². The van der Waals surface area contributed by atoms with Gasteiger partial charge in [-0.1, -0.05) is 24.9 Å². The minimum absolute atomic E-state index is 0.694. The van der Waals surface area contributed by atoms with Crippen molar-refractivity contribution in [2.75, 3.05) is 6.61 Å². The normalized spacial score (nSPS) is 9.43. The lowest BCUT2D eigenvalue weighted by Crippen LogP contribution is -1.85. The Morgan fingerprint density at radius 1 is 1.71 bits per heavy atom. The summed E-state index contributed by atoms with van der Waals surface area (Å²) in [6.07, 6.45) is 2.19. The predicted octanol–water partition coefficient (Wildman–Crippen LogP) is 2.04. The highest BCUT2D eigenvalue weighted by molar-refractivity contribution is 6.22. The van der Waals surface area contributed by atoms with Crippen molar-refractivity contribution in [3.63, 3.8) is 0 Å². The van der Waals surface area contributed by atoms with Crippen LogP contribution in [-0.2, 0) is 4.74 Å². The van der Waals surface area contributed by atoms with Crippen LogP contribution >= 0.6 is 11.6 Å². The highest BCUT2D eigenvalue weighted by Gasteiger charge is 1.81. The van der Waals surface area contributed by atoms with Gasteiger partial charge in [-0.3, -0.25) is 0 Å². The highest BCUT2D eigenvalue weighted by Crippen LogP contribution is 1.91. The minimum Gasteiger partial charge on any atom is -0.352 e. The molecule has 0 unspecified atom stereocenters. The van der Waals surface area contributed by atoms with E-state index < -0.39 is 0 Å². The molecule has 0 bridgehead atoms. The number of halogens is 1. The van der Waals surface area contributed by atoms with Crippen LogP contribution in [0.2, 0.25) is 0 Å². The zero-order valence-electron chi connectivity index (χ0n) is 4.41. The van der Waals surface area contributed by atoms with Crippen LogP contribution in [0.5, 0.6) is 0 Å². The van der Waals surface area contributed by atoms with Gasteiger partial charge in [0.25, 0.3) is 0 Å². The molecule has 42 valence electrons. The van der Waals surface area contributed by atoms with Crippen molar-refractivity contribution in [1.82, 2.24) is 0 Å². The number of hydrogen-bond acceptors (Lipinski definition) is 1. The molecule has 0 aromatic carbocycles. The summed E-state index contributed by atoms with van der Waals surface area (Å²) in [7, 11) is 0. The topological polar surface area (TPSA) is 9.23 Å². The molecule has 0 heterocycles. The van der Waals surface area contributed by atoms with Crippen LogP contribution in [-0.4, -0.2) is 6.61 Å². The lowest BCUT2D eigenvalue weighted by Gasteiger charge is -1.91. The highest BCUT2D eigenvalue weighted by atomic mass is 35.5. The molecule has 0 saturated heterocycles. The third kappa shape index (κ3) is 6.25. The first kappa shape index (κ1) is 7.25. The molecule has 0 aromatic heterocycles. The van der Waals surface area contributed by atoms with Gasteiger partial charge in [-0.05, 0) is 6.42 Å². The number of ether oxygens (including phenoxy) is 1. The molecule has 0 spiro atoms. The number of unbranched alkanes of at least 4 members (excludes halogenated alkanes) is 1. The van der Waals surface area contributed by atoms with E-state index in [9.17, 15) is 0 Å². The Morgan fingerprint density at radius 3 is 2.86 bits per heavy atom.